The molecule has 4 aromatic rings. The molecule has 1 aromatic heterocycles. The van der Waals surface area contributed by atoms with E-state index < -0.39 is 0 Å². The van der Waals surface area contributed by atoms with E-state index in [1.54, 1.807) is 14.2 Å². The lowest BCUT2D eigenvalue weighted by Crippen LogP contribution is -2.30. The average Bonchev–Trinajstić information content (AvgIpc) is 3.24. The summed E-state index contributed by atoms with van der Waals surface area (Å²) in [5.74, 6) is 1.28. The Hall–Kier alpha value is -3.73. The lowest BCUT2D eigenvalue weighted by molar-refractivity contribution is -0.120. The maximum Gasteiger partial charge on any atom is 0.224 e. The number of hydrogen-bond donors (Lipinski definition) is 2. The number of carbonyl (C=O) groups is 1. The molecule has 2 N–H and O–H groups in total. The van der Waals surface area contributed by atoms with Crippen LogP contribution in [-0.4, -0.2) is 31.7 Å². The first kappa shape index (κ1) is 20.5. The molecule has 1 heterocycles. The van der Waals surface area contributed by atoms with Crippen LogP contribution in [0.25, 0.3) is 10.9 Å². The smallest absolute Gasteiger partial charge is 0.224 e. The molecule has 0 spiro atoms. The first-order chi connectivity index (χ1) is 15.2. The Morgan fingerprint density at radius 1 is 0.935 bits per heavy atom. The lowest BCUT2D eigenvalue weighted by Gasteiger charge is -2.18. The summed E-state index contributed by atoms with van der Waals surface area (Å²) in [6.07, 6.45) is 2.32. The van der Waals surface area contributed by atoms with Crippen molar-refractivity contribution in [3.8, 4) is 11.5 Å². The molecule has 5 nitrogen and oxygen atoms in total. The van der Waals surface area contributed by atoms with Gasteiger partial charge in [-0.15, -0.1) is 0 Å². The lowest BCUT2D eigenvalue weighted by atomic mass is 9.91. The normalized spacial score (nSPS) is 11.8. The Balaban J connectivity index is 1.52. The van der Waals surface area contributed by atoms with Crippen molar-refractivity contribution in [3.05, 3.63) is 95.7 Å². The highest BCUT2D eigenvalue weighted by Crippen LogP contribution is 2.31. The van der Waals surface area contributed by atoms with Crippen LogP contribution < -0.4 is 14.8 Å². The number of aromatic nitrogens is 1. The molecule has 0 saturated heterocycles. The third kappa shape index (κ3) is 4.56. The van der Waals surface area contributed by atoms with Gasteiger partial charge in [0.1, 0.15) is 0 Å². The molecule has 5 heteroatoms. The number of methoxy groups -OCH3 is 2. The molecule has 4 rings (SSSR count). The maximum absolute atomic E-state index is 12.7. The van der Waals surface area contributed by atoms with Gasteiger partial charge in [-0.3, -0.25) is 4.79 Å². The number of fused-ring (bicyclic) bond motifs is 1. The molecule has 1 amide bonds. The van der Waals surface area contributed by atoms with Crippen molar-refractivity contribution in [1.29, 1.82) is 0 Å². The molecular weight excluding hydrogens is 388 g/mol. The highest BCUT2D eigenvalue weighted by molar-refractivity contribution is 5.84. The van der Waals surface area contributed by atoms with Crippen LogP contribution >= 0.6 is 0 Å². The zero-order chi connectivity index (χ0) is 21.6. The number of aromatic amines is 1. The number of hydrogen-bond acceptors (Lipinski definition) is 3. The molecule has 0 aliphatic carbocycles. The van der Waals surface area contributed by atoms with E-state index in [9.17, 15) is 4.79 Å². The molecule has 3 aromatic carbocycles. The van der Waals surface area contributed by atoms with E-state index in [0.717, 1.165) is 11.1 Å². The predicted octanol–water partition coefficient (Wildman–Crippen LogP) is 4.68. The summed E-state index contributed by atoms with van der Waals surface area (Å²) < 4.78 is 10.6. The van der Waals surface area contributed by atoms with E-state index in [0.29, 0.717) is 18.0 Å². The monoisotopic (exact) mass is 414 g/mol. The molecule has 31 heavy (non-hydrogen) atoms. The Morgan fingerprint density at radius 3 is 2.45 bits per heavy atom. The number of benzene rings is 3. The number of amides is 1. The fraction of sp³-hybridized carbons (Fsp3) is 0.192. The molecule has 0 saturated carbocycles. The second-order valence-electron chi connectivity index (χ2n) is 7.42. The van der Waals surface area contributed by atoms with Crippen LogP contribution in [0.2, 0.25) is 0 Å². The van der Waals surface area contributed by atoms with Crippen LogP contribution in [0.4, 0.5) is 0 Å². The van der Waals surface area contributed by atoms with Gasteiger partial charge in [0.2, 0.25) is 5.91 Å². The van der Waals surface area contributed by atoms with Crippen LogP contribution in [-0.2, 0) is 11.2 Å². The molecule has 158 valence electrons. The van der Waals surface area contributed by atoms with Gasteiger partial charge >= 0.3 is 0 Å². The number of carbonyl (C=O) groups excluding carboxylic acids is 1. The van der Waals surface area contributed by atoms with Crippen LogP contribution in [0.15, 0.2) is 79.0 Å². The van der Waals surface area contributed by atoms with E-state index in [4.69, 9.17) is 9.47 Å². The van der Waals surface area contributed by atoms with Crippen molar-refractivity contribution in [1.82, 2.24) is 10.3 Å². The summed E-state index contributed by atoms with van der Waals surface area (Å²) >= 11 is 0. The summed E-state index contributed by atoms with van der Waals surface area (Å²) in [6.45, 7) is 0.512. The van der Waals surface area contributed by atoms with Gasteiger partial charge in [0.15, 0.2) is 11.5 Å². The summed E-state index contributed by atoms with van der Waals surface area (Å²) in [5.41, 5.74) is 4.31. The van der Waals surface area contributed by atoms with Crippen molar-refractivity contribution >= 4 is 16.8 Å². The fourth-order valence-electron chi connectivity index (χ4n) is 3.93. The molecular formula is C26H26N2O3. The molecule has 1 unspecified atom stereocenters. The van der Waals surface area contributed by atoms with Gasteiger partial charge in [-0.1, -0.05) is 54.6 Å². The highest BCUT2D eigenvalue weighted by Gasteiger charge is 2.19. The van der Waals surface area contributed by atoms with E-state index in [1.165, 1.54) is 16.5 Å². The fourth-order valence-corrected chi connectivity index (χ4v) is 3.93. The second-order valence-corrected chi connectivity index (χ2v) is 7.42. The first-order valence-electron chi connectivity index (χ1n) is 10.3. The van der Waals surface area contributed by atoms with E-state index in [2.05, 4.69) is 34.6 Å². The summed E-state index contributed by atoms with van der Waals surface area (Å²) in [7, 11) is 3.19. The van der Waals surface area contributed by atoms with Crippen molar-refractivity contribution in [2.45, 2.75) is 12.3 Å². The molecule has 0 bridgehead atoms. The average molecular weight is 415 g/mol. The zero-order valence-electron chi connectivity index (χ0n) is 17.7. The third-order valence-corrected chi connectivity index (χ3v) is 5.51. The van der Waals surface area contributed by atoms with Gasteiger partial charge in [0.25, 0.3) is 0 Å². The first-order valence-corrected chi connectivity index (χ1v) is 10.3. The quantitative estimate of drug-likeness (QED) is 0.440. The van der Waals surface area contributed by atoms with Gasteiger partial charge in [0.05, 0.1) is 20.6 Å². The standard InChI is InChI=1S/C26H26N2O3/c1-30-24-13-12-18(14-25(24)31-2)15-26(29)28-16-21(19-8-4-3-5-9-19)22-17-27-23-11-7-6-10-20(22)23/h3-14,17,21,27H,15-16H2,1-2H3,(H,28,29). The molecule has 0 radical (unpaired) electrons. The third-order valence-electron chi connectivity index (χ3n) is 5.51. The van der Waals surface area contributed by atoms with Gasteiger partial charge in [0, 0.05) is 29.6 Å². The minimum absolute atomic E-state index is 0.0343. The Bertz CT molecular complexity index is 1170. The van der Waals surface area contributed by atoms with Crippen LogP contribution in [0, 0.1) is 0 Å². The van der Waals surface area contributed by atoms with Crippen molar-refractivity contribution in [2.75, 3.05) is 20.8 Å². The molecule has 1 atom stereocenters. The van der Waals surface area contributed by atoms with Gasteiger partial charge < -0.3 is 19.8 Å². The van der Waals surface area contributed by atoms with Crippen molar-refractivity contribution in [2.24, 2.45) is 0 Å². The maximum atomic E-state index is 12.7. The molecule has 0 aliphatic rings. The summed E-state index contributed by atoms with van der Waals surface area (Å²) in [6, 6.07) is 24.1. The highest BCUT2D eigenvalue weighted by atomic mass is 16.5. The summed E-state index contributed by atoms with van der Waals surface area (Å²) in [5, 5.41) is 4.30. The molecule has 0 fully saturated rings. The number of nitrogens with one attached hydrogen (secondary N) is 2. The van der Waals surface area contributed by atoms with Gasteiger partial charge in [-0.25, -0.2) is 0 Å². The van der Waals surface area contributed by atoms with E-state index >= 15 is 0 Å². The Morgan fingerprint density at radius 2 is 1.68 bits per heavy atom. The summed E-state index contributed by atoms with van der Waals surface area (Å²) in [4.78, 5) is 16.1. The predicted molar refractivity (Wildman–Crippen MR) is 123 cm³/mol. The second kappa shape index (κ2) is 9.39. The Kier molecular flexibility index (Phi) is 6.22. The zero-order valence-corrected chi connectivity index (χ0v) is 17.7. The number of ether oxygens (including phenoxy) is 2. The number of para-hydroxylation sites is 1. The minimum Gasteiger partial charge on any atom is -0.493 e. The largest absolute Gasteiger partial charge is 0.493 e. The SMILES string of the molecule is COc1ccc(CC(=O)NCC(c2ccccc2)c2c[nH]c3ccccc23)cc1OC. The Labute approximate surface area is 182 Å². The van der Waals surface area contributed by atoms with Crippen LogP contribution in [0.3, 0.4) is 0 Å². The van der Waals surface area contributed by atoms with Gasteiger partial charge in [-0.2, -0.15) is 0 Å². The van der Waals surface area contributed by atoms with E-state index in [-0.39, 0.29) is 18.2 Å². The number of H-pyrrole nitrogens is 1. The van der Waals surface area contributed by atoms with Crippen LogP contribution in [0.5, 0.6) is 11.5 Å². The topological polar surface area (TPSA) is 63.3 Å². The van der Waals surface area contributed by atoms with Gasteiger partial charge in [-0.05, 0) is 34.9 Å². The van der Waals surface area contributed by atoms with Crippen LogP contribution in [0.1, 0.15) is 22.6 Å². The van der Waals surface area contributed by atoms with E-state index in [1.807, 2.05) is 54.7 Å². The van der Waals surface area contributed by atoms with Crippen molar-refractivity contribution < 1.29 is 14.3 Å². The van der Waals surface area contributed by atoms with Crippen molar-refractivity contribution in [3.63, 3.8) is 0 Å². The number of rotatable bonds is 8. The molecule has 0 aliphatic heterocycles. The minimum atomic E-state index is -0.0343.